The minimum absolute atomic E-state index is 0.110. The highest BCUT2D eigenvalue weighted by Gasteiger charge is 2.22. The van der Waals surface area contributed by atoms with E-state index in [0.717, 1.165) is 137 Å². The van der Waals surface area contributed by atoms with Crippen LogP contribution in [0.25, 0.3) is 0 Å². The van der Waals surface area contributed by atoms with Crippen LogP contribution in [-0.4, -0.2) is 338 Å². The smallest absolute Gasteiger partial charge is 0.330 e. The van der Waals surface area contributed by atoms with Gasteiger partial charge in [0.2, 0.25) is 0 Å². The van der Waals surface area contributed by atoms with Gasteiger partial charge in [-0.3, -0.25) is 9.59 Å². The van der Waals surface area contributed by atoms with Crippen LogP contribution in [0.4, 0.5) is 0 Å². The first kappa shape index (κ1) is 133. The van der Waals surface area contributed by atoms with E-state index in [2.05, 4.69) is 107 Å². The van der Waals surface area contributed by atoms with Gasteiger partial charge in [-0.05, 0) is 64.2 Å². The van der Waals surface area contributed by atoms with Crippen molar-refractivity contribution in [3.63, 3.8) is 0 Å². The lowest BCUT2D eigenvalue weighted by molar-refractivity contribution is -0.148. The lowest BCUT2D eigenvalue weighted by Gasteiger charge is -2.22. The zero-order chi connectivity index (χ0) is 101. The van der Waals surface area contributed by atoms with Crippen molar-refractivity contribution in [1.82, 2.24) is 0 Å². The number of aliphatic hydroxyl groups is 5. The Morgan fingerprint density at radius 1 is 0.195 bits per heavy atom. The zero-order valence-electron chi connectivity index (χ0n) is 77.3. The molecule has 0 aromatic heterocycles. The minimum atomic E-state index is -1.02. The zero-order valence-corrected chi connectivity index (χ0v) is 77.3. The molecule has 0 bridgehead atoms. The molecular formula is C92H144O41. The molecule has 0 aromatic rings. The van der Waals surface area contributed by atoms with Gasteiger partial charge in [0.1, 0.15) is 96.6 Å². The number of esters is 14. The van der Waals surface area contributed by atoms with E-state index in [9.17, 15) is 92.7 Å². The van der Waals surface area contributed by atoms with Crippen molar-refractivity contribution in [3.05, 3.63) is 152 Å². The fourth-order valence-electron chi connectivity index (χ4n) is 8.11. The fraction of sp³-hybridized carbons (Fsp3) is 0.587. The molecule has 41 nitrogen and oxygen atoms in total. The summed E-state index contributed by atoms with van der Waals surface area (Å²) in [5.41, 5.74) is -0.419. The lowest BCUT2D eigenvalue weighted by Crippen LogP contribution is -2.30. The Labute approximate surface area is 779 Å². The maximum absolute atomic E-state index is 11.5. The Morgan fingerprint density at radius 2 is 0.368 bits per heavy atom. The molecule has 4 atom stereocenters. The predicted octanol–water partition coefficient (Wildman–Crippen LogP) is 5.96. The van der Waals surface area contributed by atoms with Crippen molar-refractivity contribution in [1.29, 1.82) is 0 Å². The predicted molar refractivity (Wildman–Crippen MR) is 480 cm³/mol. The van der Waals surface area contributed by atoms with E-state index in [0.29, 0.717) is 91.4 Å². The third-order valence-corrected chi connectivity index (χ3v) is 14.8. The number of hydrogen-bond acceptors (Lipinski definition) is 41. The van der Waals surface area contributed by atoms with Crippen LogP contribution >= 0.6 is 0 Å². The second-order valence-electron chi connectivity index (χ2n) is 27.2. The molecule has 0 fully saturated rings. The number of carbonyl (C=O) groups excluding carboxylic acids is 14. The van der Waals surface area contributed by atoms with Gasteiger partial charge in [-0.1, -0.05) is 118 Å². The first-order chi connectivity index (χ1) is 63.7. The molecule has 41 heteroatoms. The molecule has 133 heavy (non-hydrogen) atoms. The van der Waals surface area contributed by atoms with Crippen LogP contribution in [0, 0.1) is 5.41 Å². The van der Waals surface area contributed by atoms with Gasteiger partial charge in [0.15, 0.2) is 0 Å². The average Bonchev–Trinajstić information content (AvgIpc) is 0.918. The van der Waals surface area contributed by atoms with E-state index in [4.69, 9.17) is 75.8 Å². The summed E-state index contributed by atoms with van der Waals surface area (Å²) in [5, 5.41) is 47.5. The summed E-state index contributed by atoms with van der Waals surface area (Å²) in [6, 6.07) is 0. The van der Waals surface area contributed by atoms with Crippen LogP contribution in [0.1, 0.15) is 117 Å². The third kappa shape index (κ3) is 110. The van der Waals surface area contributed by atoms with Crippen molar-refractivity contribution in [2.45, 2.75) is 147 Å². The highest BCUT2D eigenvalue weighted by atomic mass is 16.6. The molecule has 0 aliphatic heterocycles. The highest BCUT2D eigenvalue weighted by molar-refractivity contribution is 5.85. The molecule has 0 saturated heterocycles. The molecule has 0 aliphatic rings. The van der Waals surface area contributed by atoms with Crippen LogP contribution in [0.2, 0.25) is 0 Å². The van der Waals surface area contributed by atoms with E-state index in [1.165, 1.54) is 0 Å². The molecule has 0 rings (SSSR count). The average molecular weight is 1910 g/mol. The van der Waals surface area contributed by atoms with Gasteiger partial charge in [-0.2, -0.15) is 0 Å². The summed E-state index contributed by atoms with van der Waals surface area (Å²) in [6.07, 6.45) is 20.5. The van der Waals surface area contributed by atoms with E-state index in [1.54, 1.807) is 0 Å². The third-order valence-electron chi connectivity index (χ3n) is 14.8. The van der Waals surface area contributed by atoms with Crippen LogP contribution in [0.5, 0.6) is 0 Å². The van der Waals surface area contributed by atoms with Gasteiger partial charge in [0.05, 0.1) is 106 Å². The maximum atomic E-state index is 11.5. The Bertz CT molecular complexity index is 3050. The molecule has 0 saturated carbocycles. The highest BCUT2D eigenvalue weighted by Crippen LogP contribution is 2.17. The SMILES string of the molecule is C=CC(=O)OCC(C)(C)COC(=O)C=C.C=CC(=O)OCC(O)COCC(O)COCC(O)COC(=O)C=C.C=CC(=O)OCC(O)COCCCCCCOCC(O)COC(=O)C=C.C=CC(=O)OCCCCCC(=O)OCCOCCOC(=O)CCCCCOC(=O)C=C.C=CC(=O)OCCOCCCCCCOCCOC(=O)C=C.C=CC(=O)OCCOCCOC(=O)C=C. The van der Waals surface area contributed by atoms with Crippen molar-refractivity contribution < 1.29 is 197 Å². The minimum Gasteiger partial charge on any atom is -0.463 e. The second-order valence-corrected chi connectivity index (χ2v) is 27.2. The summed E-state index contributed by atoms with van der Waals surface area (Å²) in [6.45, 7) is 48.0. The number of hydrogen-bond donors (Lipinski definition) is 5. The van der Waals surface area contributed by atoms with Gasteiger partial charge < -0.3 is 130 Å². The van der Waals surface area contributed by atoms with Gasteiger partial charge in [0.25, 0.3) is 0 Å². The van der Waals surface area contributed by atoms with E-state index < -0.39 is 108 Å². The Hall–Kier alpha value is -11.1. The molecule has 4 unspecified atom stereocenters. The van der Waals surface area contributed by atoms with Gasteiger partial charge in [-0.25, -0.2) is 57.5 Å². The van der Waals surface area contributed by atoms with Gasteiger partial charge in [-0.15, -0.1) is 0 Å². The number of carbonyl (C=O) groups is 14. The summed E-state index contributed by atoms with van der Waals surface area (Å²) in [5.74, 6) is -6.78. The molecule has 0 aromatic carbocycles. The molecule has 0 heterocycles. The maximum Gasteiger partial charge on any atom is 0.330 e. The van der Waals surface area contributed by atoms with E-state index >= 15 is 0 Å². The van der Waals surface area contributed by atoms with Crippen LogP contribution in [0.3, 0.4) is 0 Å². The first-order valence-corrected chi connectivity index (χ1v) is 42.5. The van der Waals surface area contributed by atoms with Gasteiger partial charge in [0, 0.05) is 118 Å². The van der Waals surface area contributed by atoms with Crippen molar-refractivity contribution in [2.24, 2.45) is 5.41 Å². The number of unbranched alkanes of at least 4 members (excludes halogenated alkanes) is 10. The van der Waals surface area contributed by atoms with Crippen LogP contribution in [-0.2, 0) is 171 Å². The molecule has 5 N–H and O–H groups in total. The monoisotopic (exact) mass is 1900 g/mol. The molecular weight excluding hydrogens is 1760 g/mol. The summed E-state index contributed by atoms with van der Waals surface area (Å²) >= 11 is 0. The normalized spacial score (nSPS) is 11.3. The molecule has 0 amide bonds. The number of rotatable bonds is 80. The largest absolute Gasteiger partial charge is 0.463 e. The van der Waals surface area contributed by atoms with E-state index in [-0.39, 0.29) is 157 Å². The Morgan fingerprint density at radius 3 is 0.609 bits per heavy atom. The standard InChI is InChI=1S/C22H34O9.C18H30O8.C16H26O6.C15H24O9.C11H16O4.C10H14O5/c1-3-19(23)28-13-9-5-7-11-21(25)30-17-15-27-16-18-31-22(26)12-8-6-10-14-29-20(24)4-2;1-3-17(21)25-13-15(19)11-23-9-7-5-6-8-10-24-12-16(20)14-26-18(22)4-2;1-3-15(17)21-13-11-19-9-7-5-6-8-10-20-12-14-22-16(18)4-2;1-3-14(19)23-9-12(17)7-21-5-11(16)6-22-8-13(18)10-24-15(20)4-2;1-5-9(12)14-7-11(3,4)8-15-10(13)6-2;1-3-9(11)14-7-5-13-6-8-15-10(12)4-2/h3-4H,1-2,5-18H2;3-4,15-16,19-20H,1-2,5-14H2;3-4H,1-2,5-14H2;3-4,11-13,16-18H,1-2,5-10H2;5-6H,1-2,7-8H2,3-4H3;3-4H,1-2,5-8H2. The Kier molecular flexibility index (Phi) is 99.7. The lowest BCUT2D eigenvalue weighted by atomic mass is 9.96. The molecule has 0 spiro atoms. The summed E-state index contributed by atoms with van der Waals surface area (Å²) < 4.78 is 108. The quantitative estimate of drug-likeness (QED) is 0.0203. The second kappa shape index (κ2) is 99.9. The fourth-order valence-corrected chi connectivity index (χ4v) is 8.11. The first-order valence-electron chi connectivity index (χ1n) is 42.5. The van der Waals surface area contributed by atoms with Crippen LogP contribution < -0.4 is 0 Å². The molecule has 758 valence electrons. The summed E-state index contributed by atoms with van der Waals surface area (Å²) in [4.78, 5) is 152. The van der Waals surface area contributed by atoms with Gasteiger partial charge >= 0.3 is 83.6 Å². The number of aliphatic hydroxyl groups excluding tert-OH is 5. The van der Waals surface area contributed by atoms with E-state index in [1.807, 2.05) is 13.8 Å². The topological polar surface area (TPSA) is 543 Å². The molecule has 0 aliphatic carbocycles. The van der Waals surface area contributed by atoms with Crippen molar-refractivity contribution in [3.8, 4) is 0 Å². The Balaban J connectivity index is -0.000000370. The van der Waals surface area contributed by atoms with Crippen molar-refractivity contribution in [2.75, 3.05) is 198 Å². The molecule has 0 radical (unpaired) electrons. The van der Waals surface area contributed by atoms with Crippen LogP contribution in [0.15, 0.2) is 152 Å². The number of ether oxygens (including phenoxy) is 22. The summed E-state index contributed by atoms with van der Waals surface area (Å²) in [7, 11) is 0. The van der Waals surface area contributed by atoms with Crippen molar-refractivity contribution >= 4 is 83.6 Å².